The molecule has 2 rings (SSSR count). The van der Waals surface area contributed by atoms with E-state index >= 15 is 0 Å². The van der Waals surface area contributed by atoms with Crippen LogP contribution in [-0.2, 0) is 6.18 Å². The van der Waals surface area contributed by atoms with Gasteiger partial charge in [-0.3, -0.25) is 0 Å². The van der Waals surface area contributed by atoms with Crippen LogP contribution in [0.25, 0.3) is 0 Å². The lowest BCUT2D eigenvalue weighted by Crippen LogP contribution is -2.87. The third-order valence-electron chi connectivity index (χ3n) is 3.02. The van der Waals surface area contributed by atoms with Gasteiger partial charge in [0.25, 0.3) is 0 Å². The van der Waals surface area contributed by atoms with Crippen LogP contribution in [0.5, 0.6) is 0 Å². The van der Waals surface area contributed by atoms with Gasteiger partial charge in [0.2, 0.25) is 0 Å². The van der Waals surface area contributed by atoms with Crippen LogP contribution < -0.4 is 10.6 Å². The van der Waals surface area contributed by atoms with Crippen LogP contribution in [0.4, 0.5) is 18.9 Å². The Morgan fingerprint density at radius 2 is 1.65 bits per heavy atom. The fourth-order valence-electron chi connectivity index (χ4n) is 2.06. The number of anilines is 1. The van der Waals surface area contributed by atoms with Gasteiger partial charge in [-0.15, -0.1) is 0 Å². The number of rotatable bonds is 2. The molecular formula is C12H16F3N2+. The molecule has 2 nitrogen and oxygen atoms in total. The van der Waals surface area contributed by atoms with E-state index < -0.39 is 11.7 Å². The molecule has 5 heteroatoms. The lowest BCUT2D eigenvalue weighted by atomic mass is 10.1. The zero-order chi connectivity index (χ0) is 12.3. The summed E-state index contributed by atoms with van der Waals surface area (Å²) in [6, 6.07) is 5.63. The van der Waals surface area contributed by atoms with Crippen molar-refractivity contribution in [2.75, 3.05) is 18.4 Å². The number of nitrogens with one attached hydrogen (secondary N) is 1. The van der Waals surface area contributed by atoms with Gasteiger partial charge in [0.15, 0.2) is 0 Å². The zero-order valence-corrected chi connectivity index (χ0v) is 9.43. The van der Waals surface area contributed by atoms with Gasteiger partial charge in [-0.05, 0) is 24.3 Å². The second-order valence-electron chi connectivity index (χ2n) is 4.36. The third-order valence-corrected chi connectivity index (χ3v) is 3.02. The fraction of sp³-hybridized carbons (Fsp3) is 0.500. The third kappa shape index (κ3) is 3.36. The number of hydrogen-bond donors (Lipinski definition) is 2. The topological polar surface area (TPSA) is 28.6 Å². The summed E-state index contributed by atoms with van der Waals surface area (Å²) in [5.74, 6) is 0. The molecule has 0 bridgehead atoms. The van der Waals surface area contributed by atoms with Crippen molar-refractivity contribution in [3.8, 4) is 0 Å². The minimum Gasteiger partial charge on any atom is -0.382 e. The van der Waals surface area contributed by atoms with E-state index in [0.29, 0.717) is 6.04 Å². The van der Waals surface area contributed by atoms with Gasteiger partial charge in [-0.25, -0.2) is 0 Å². The summed E-state index contributed by atoms with van der Waals surface area (Å²) in [7, 11) is 0. The van der Waals surface area contributed by atoms with Crippen molar-refractivity contribution in [2.24, 2.45) is 0 Å². The molecule has 1 aliphatic rings. The van der Waals surface area contributed by atoms with Crippen LogP contribution in [0.15, 0.2) is 24.3 Å². The average molecular weight is 245 g/mol. The van der Waals surface area contributed by atoms with E-state index in [4.69, 9.17) is 0 Å². The number of nitrogens with two attached hydrogens (primary N) is 1. The molecule has 0 unspecified atom stereocenters. The van der Waals surface area contributed by atoms with Crippen LogP contribution in [0.2, 0.25) is 0 Å². The molecule has 1 aliphatic heterocycles. The highest BCUT2D eigenvalue weighted by molar-refractivity contribution is 5.45. The van der Waals surface area contributed by atoms with Crippen molar-refractivity contribution in [3.05, 3.63) is 29.8 Å². The molecule has 1 aromatic carbocycles. The van der Waals surface area contributed by atoms with Crippen LogP contribution in [0.1, 0.15) is 18.4 Å². The summed E-state index contributed by atoms with van der Waals surface area (Å²) in [6.45, 7) is 2.16. The molecule has 0 aromatic heterocycles. The summed E-state index contributed by atoms with van der Waals surface area (Å²) >= 11 is 0. The monoisotopic (exact) mass is 245 g/mol. The second-order valence-corrected chi connectivity index (χ2v) is 4.36. The first-order valence-electron chi connectivity index (χ1n) is 5.81. The van der Waals surface area contributed by atoms with Crippen molar-refractivity contribution in [2.45, 2.75) is 25.1 Å². The van der Waals surface area contributed by atoms with Gasteiger partial charge in [-0.2, -0.15) is 13.2 Å². The zero-order valence-electron chi connectivity index (χ0n) is 9.43. The number of benzene rings is 1. The van der Waals surface area contributed by atoms with Crippen LogP contribution in [0, 0.1) is 0 Å². The van der Waals surface area contributed by atoms with E-state index in [1.54, 1.807) is 0 Å². The van der Waals surface area contributed by atoms with Crippen molar-refractivity contribution >= 4 is 5.69 Å². The Morgan fingerprint density at radius 3 is 2.18 bits per heavy atom. The lowest BCUT2D eigenvalue weighted by molar-refractivity contribution is -0.662. The first kappa shape index (κ1) is 12.2. The quantitative estimate of drug-likeness (QED) is 0.818. The summed E-state index contributed by atoms with van der Waals surface area (Å²) in [5, 5.41) is 5.53. The Balaban J connectivity index is 1.98. The molecule has 94 valence electrons. The Morgan fingerprint density at radius 1 is 1.06 bits per heavy atom. The van der Waals surface area contributed by atoms with Gasteiger partial charge in [-0.1, -0.05) is 0 Å². The van der Waals surface area contributed by atoms with Crippen molar-refractivity contribution in [1.29, 1.82) is 0 Å². The molecule has 1 aromatic rings. The maximum atomic E-state index is 12.4. The number of halogens is 3. The van der Waals surface area contributed by atoms with E-state index in [1.807, 2.05) is 0 Å². The minimum absolute atomic E-state index is 0.386. The Bertz CT molecular complexity index is 353. The normalized spacial score (nSPS) is 18.1. The molecule has 17 heavy (non-hydrogen) atoms. The number of quaternary nitrogens is 1. The molecule has 0 saturated carbocycles. The predicted octanol–water partition coefficient (Wildman–Crippen LogP) is 1.84. The van der Waals surface area contributed by atoms with Crippen LogP contribution in [0.3, 0.4) is 0 Å². The van der Waals surface area contributed by atoms with Gasteiger partial charge in [0.05, 0.1) is 18.7 Å². The van der Waals surface area contributed by atoms with Gasteiger partial charge in [0, 0.05) is 24.6 Å². The van der Waals surface area contributed by atoms with Crippen LogP contribution >= 0.6 is 0 Å². The van der Waals surface area contributed by atoms with Gasteiger partial charge >= 0.3 is 6.18 Å². The number of hydrogen-bond acceptors (Lipinski definition) is 1. The maximum absolute atomic E-state index is 12.4. The van der Waals surface area contributed by atoms with Crippen LogP contribution in [-0.4, -0.2) is 19.1 Å². The van der Waals surface area contributed by atoms with E-state index in [2.05, 4.69) is 10.6 Å². The number of piperidine rings is 1. The highest BCUT2D eigenvalue weighted by Gasteiger charge is 2.30. The number of alkyl halides is 3. The molecule has 0 amide bonds. The predicted molar refractivity (Wildman–Crippen MR) is 59.7 cm³/mol. The molecule has 0 spiro atoms. The lowest BCUT2D eigenvalue weighted by Gasteiger charge is -2.22. The summed E-state index contributed by atoms with van der Waals surface area (Å²) in [5.41, 5.74) is 0.171. The molecule has 0 atom stereocenters. The molecule has 1 saturated heterocycles. The maximum Gasteiger partial charge on any atom is 0.416 e. The Labute approximate surface area is 98.2 Å². The van der Waals surface area contributed by atoms with E-state index in [0.717, 1.165) is 43.8 Å². The van der Waals surface area contributed by atoms with Gasteiger partial charge in [0.1, 0.15) is 0 Å². The first-order chi connectivity index (χ1) is 8.05. The standard InChI is InChI=1S/C12H15F3N2/c13-12(14,15)9-1-3-10(4-2-9)17-11-5-7-16-8-6-11/h1-4,11,16-17H,5-8H2/p+1. The SMILES string of the molecule is FC(F)(F)c1ccc(NC2CC[NH2+]CC2)cc1. The summed E-state index contributed by atoms with van der Waals surface area (Å²) < 4.78 is 37.1. The highest BCUT2D eigenvalue weighted by atomic mass is 19.4. The molecule has 1 heterocycles. The fourth-order valence-corrected chi connectivity index (χ4v) is 2.06. The smallest absolute Gasteiger partial charge is 0.382 e. The van der Waals surface area contributed by atoms with Gasteiger partial charge < -0.3 is 10.6 Å². The molecular weight excluding hydrogens is 229 g/mol. The first-order valence-corrected chi connectivity index (χ1v) is 5.81. The largest absolute Gasteiger partial charge is 0.416 e. The highest BCUT2D eigenvalue weighted by Crippen LogP contribution is 2.30. The van der Waals surface area contributed by atoms with Crippen molar-refractivity contribution < 1.29 is 18.5 Å². The average Bonchev–Trinajstić information content (AvgIpc) is 2.30. The summed E-state index contributed by atoms with van der Waals surface area (Å²) in [4.78, 5) is 0. The van der Waals surface area contributed by atoms with E-state index in [-0.39, 0.29) is 0 Å². The van der Waals surface area contributed by atoms with Crippen molar-refractivity contribution in [1.82, 2.24) is 0 Å². The second kappa shape index (κ2) is 4.96. The Kier molecular flexibility index (Phi) is 3.57. The summed E-state index contributed by atoms with van der Waals surface area (Å²) in [6.07, 6.45) is -2.14. The minimum atomic E-state index is -4.25. The molecule has 3 N–H and O–H groups in total. The van der Waals surface area contributed by atoms with E-state index in [9.17, 15) is 13.2 Å². The van der Waals surface area contributed by atoms with Crippen molar-refractivity contribution in [3.63, 3.8) is 0 Å². The molecule has 0 radical (unpaired) electrons. The Hall–Kier alpha value is -1.23. The molecule has 0 aliphatic carbocycles. The molecule has 1 fully saturated rings. The van der Waals surface area contributed by atoms with E-state index in [1.165, 1.54) is 12.1 Å².